The molecule has 0 atom stereocenters. The monoisotopic (exact) mass is 318 g/mol. The summed E-state index contributed by atoms with van der Waals surface area (Å²) in [6.07, 6.45) is 1.58. The van der Waals surface area contributed by atoms with Gasteiger partial charge < -0.3 is 15.4 Å². The number of hydrogen-bond acceptors (Lipinski definition) is 3. The second kappa shape index (κ2) is 10.00. The molecular weight excluding hydrogens is 299 g/mol. The highest BCUT2D eigenvalue weighted by Gasteiger charge is 2.03. The van der Waals surface area contributed by atoms with Gasteiger partial charge in [0.2, 0.25) is 5.91 Å². The first-order valence-electron chi connectivity index (χ1n) is 6.53. The summed E-state index contributed by atoms with van der Waals surface area (Å²) in [6.45, 7) is 2.34. The highest BCUT2D eigenvalue weighted by Crippen LogP contribution is 2.20. The molecule has 1 aromatic rings. The van der Waals surface area contributed by atoms with Crippen LogP contribution in [0.5, 0.6) is 0 Å². The van der Waals surface area contributed by atoms with Gasteiger partial charge in [0, 0.05) is 30.3 Å². The van der Waals surface area contributed by atoms with Crippen LogP contribution in [-0.2, 0) is 16.0 Å². The van der Waals surface area contributed by atoms with Crippen molar-refractivity contribution in [3.8, 4) is 0 Å². The highest BCUT2D eigenvalue weighted by molar-refractivity contribution is 6.35. The smallest absolute Gasteiger partial charge is 0.233 e. The Labute approximate surface area is 129 Å². The van der Waals surface area contributed by atoms with Crippen LogP contribution in [0.3, 0.4) is 0 Å². The van der Waals surface area contributed by atoms with Crippen LogP contribution in [0.4, 0.5) is 0 Å². The molecule has 1 aromatic carbocycles. The van der Waals surface area contributed by atoms with Crippen LogP contribution >= 0.6 is 23.2 Å². The van der Waals surface area contributed by atoms with E-state index in [-0.39, 0.29) is 5.91 Å². The Morgan fingerprint density at radius 3 is 2.80 bits per heavy atom. The molecule has 0 spiro atoms. The van der Waals surface area contributed by atoms with Gasteiger partial charge in [-0.25, -0.2) is 0 Å². The molecule has 1 amide bonds. The van der Waals surface area contributed by atoms with Crippen LogP contribution in [0.1, 0.15) is 12.0 Å². The first kappa shape index (κ1) is 17.2. The molecule has 0 fully saturated rings. The van der Waals surface area contributed by atoms with Crippen LogP contribution in [-0.4, -0.2) is 39.3 Å². The third-order valence-corrected chi connectivity index (χ3v) is 3.31. The summed E-state index contributed by atoms with van der Waals surface area (Å²) in [5, 5.41) is 7.13. The van der Waals surface area contributed by atoms with Crippen molar-refractivity contribution in [2.75, 3.05) is 33.4 Å². The van der Waals surface area contributed by atoms with Crippen molar-refractivity contribution in [1.29, 1.82) is 0 Å². The first-order valence-corrected chi connectivity index (χ1v) is 7.29. The zero-order valence-electron chi connectivity index (χ0n) is 11.5. The van der Waals surface area contributed by atoms with Crippen molar-refractivity contribution in [3.05, 3.63) is 33.8 Å². The maximum atomic E-state index is 11.5. The predicted molar refractivity (Wildman–Crippen MR) is 82.5 cm³/mol. The molecule has 0 aliphatic rings. The third-order valence-electron chi connectivity index (χ3n) is 2.72. The number of nitrogens with one attached hydrogen (secondary N) is 2. The zero-order chi connectivity index (χ0) is 14.8. The molecule has 20 heavy (non-hydrogen) atoms. The largest absolute Gasteiger partial charge is 0.385 e. The van der Waals surface area contributed by atoms with Gasteiger partial charge in [-0.2, -0.15) is 0 Å². The number of carbonyl (C=O) groups is 1. The molecule has 0 unspecified atom stereocenters. The van der Waals surface area contributed by atoms with Gasteiger partial charge in [-0.05, 0) is 37.1 Å². The zero-order valence-corrected chi connectivity index (χ0v) is 13.1. The van der Waals surface area contributed by atoms with Crippen molar-refractivity contribution in [2.45, 2.75) is 12.8 Å². The number of rotatable bonds is 9. The fourth-order valence-corrected chi connectivity index (χ4v) is 2.17. The summed E-state index contributed by atoms with van der Waals surface area (Å²) in [7, 11) is 1.66. The summed E-state index contributed by atoms with van der Waals surface area (Å²) in [5.41, 5.74) is 0.976. The first-order chi connectivity index (χ1) is 9.63. The van der Waals surface area contributed by atoms with E-state index in [0.29, 0.717) is 36.2 Å². The summed E-state index contributed by atoms with van der Waals surface area (Å²) < 4.78 is 4.92. The van der Waals surface area contributed by atoms with E-state index in [2.05, 4.69) is 10.6 Å². The molecule has 0 saturated heterocycles. The Hall–Kier alpha value is -0.810. The van der Waals surface area contributed by atoms with E-state index in [1.807, 2.05) is 6.07 Å². The number of amides is 1. The molecule has 0 aromatic heterocycles. The van der Waals surface area contributed by atoms with E-state index in [1.165, 1.54) is 0 Å². The molecular formula is C14H20Cl2N2O2. The van der Waals surface area contributed by atoms with Gasteiger partial charge in [0.25, 0.3) is 0 Å². The molecule has 0 aliphatic heterocycles. The van der Waals surface area contributed by atoms with Crippen molar-refractivity contribution in [3.63, 3.8) is 0 Å². The summed E-state index contributed by atoms with van der Waals surface area (Å²) in [5.74, 6) is -0.0208. The second-order valence-corrected chi connectivity index (χ2v) is 5.20. The average Bonchev–Trinajstić information content (AvgIpc) is 2.41. The number of methoxy groups -OCH3 is 1. The van der Waals surface area contributed by atoms with E-state index in [0.717, 1.165) is 18.5 Å². The summed E-state index contributed by atoms with van der Waals surface area (Å²) in [4.78, 5) is 11.5. The maximum absolute atomic E-state index is 11.5. The average molecular weight is 319 g/mol. The van der Waals surface area contributed by atoms with Crippen LogP contribution in [0.25, 0.3) is 0 Å². The van der Waals surface area contributed by atoms with E-state index in [1.54, 1.807) is 19.2 Å². The van der Waals surface area contributed by atoms with Crippen molar-refractivity contribution in [2.24, 2.45) is 0 Å². The predicted octanol–water partition coefficient (Wildman–Crippen LogP) is 2.28. The number of carbonyl (C=O) groups excluding carboxylic acids is 1. The summed E-state index contributed by atoms with van der Waals surface area (Å²) in [6, 6.07) is 5.37. The normalized spacial score (nSPS) is 10.6. The third kappa shape index (κ3) is 7.10. The van der Waals surface area contributed by atoms with Crippen molar-refractivity contribution in [1.82, 2.24) is 10.6 Å². The summed E-state index contributed by atoms with van der Waals surface area (Å²) >= 11 is 11.9. The molecule has 0 aliphatic carbocycles. The van der Waals surface area contributed by atoms with Gasteiger partial charge in [-0.3, -0.25) is 4.79 Å². The topological polar surface area (TPSA) is 50.4 Å². The lowest BCUT2D eigenvalue weighted by molar-refractivity contribution is -0.120. The van der Waals surface area contributed by atoms with Gasteiger partial charge in [0.05, 0.1) is 6.54 Å². The van der Waals surface area contributed by atoms with Crippen LogP contribution < -0.4 is 10.6 Å². The molecule has 0 bridgehead atoms. The minimum Gasteiger partial charge on any atom is -0.385 e. The quantitative estimate of drug-likeness (QED) is 0.687. The minimum atomic E-state index is -0.0208. The van der Waals surface area contributed by atoms with Gasteiger partial charge in [0.1, 0.15) is 0 Å². The second-order valence-electron chi connectivity index (χ2n) is 4.36. The molecule has 112 valence electrons. The molecule has 6 heteroatoms. The molecule has 1 rings (SSSR count). The molecule has 4 nitrogen and oxygen atoms in total. The van der Waals surface area contributed by atoms with Gasteiger partial charge in [-0.15, -0.1) is 0 Å². The Morgan fingerprint density at radius 2 is 2.10 bits per heavy atom. The highest BCUT2D eigenvalue weighted by atomic mass is 35.5. The molecule has 0 radical (unpaired) electrons. The molecule has 0 saturated carbocycles. The SMILES string of the molecule is COCCCNCC(=O)NCCc1ccc(Cl)cc1Cl. The van der Waals surface area contributed by atoms with Gasteiger partial charge in [-0.1, -0.05) is 29.3 Å². The fourth-order valence-electron chi connectivity index (χ4n) is 1.67. The Bertz CT molecular complexity index is 428. The van der Waals surface area contributed by atoms with E-state index >= 15 is 0 Å². The minimum absolute atomic E-state index is 0.0208. The lowest BCUT2D eigenvalue weighted by Gasteiger charge is -2.08. The van der Waals surface area contributed by atoms with Crippen LogP contribution in [0.2, 0.25) is 10.0 Å². The van der Waals surface area contributed by atoms with Gasteiger partial charge >= 0.3 is 0 Å². The Balaban J connectivity index is 2.15. The van der Waals surface area contributed by atoms with E-state index < -0.39 is 0 Å². The standard InChI is InChI=1S/C14H20Cl2N2O2/c1-20-8-2-6-17-10-14(19)18-7-5-11-3-4-12(15)9-13(11)16/h3-4,9,17H,2,5-8,10H2,1H3,(H,18,19). The Kier molecular flexibility index (Phi) is 8.62. The van der Waals surface area contributed by atoms with Crippen LogP contribution in [0.15, 0.2) is 18.2 Å². The lowest BCUT2D eigenvalue weighted by atomic mass is 10.1. The Morgan fingerprint density at radius 1 is 1.30 bits per heavy atom. The van der Waals surface area contributed by atoms with Crippen LogP contribution in [0, 0.1) is 0 Å². The number of hydrogen-bond donors (Lipinski definition) is 2. The fraction of sp³-hybridized carbons (Fsp3) is 0.500. The number of benzene rings is 1. The van der Waals surface area contributed by atoms with E-state index in [4.69, 9.17) is 27.9 Å². The van der Waals surface area contributed by atoms with Crippen molar-refractivity contribution < 1.29 is 9.53 Å². The van der Waals surface area contributed by atoms with Crippen molar-refractivity contribution >= 4 is 29.1 Å². The van der Waals surface area contributed by atoms with E-state index in [9.17, 15) is 4.79 Å². The molecule has 0 heterocycles. The van der Waals surface area contributed by atoms with Gasteiger partial charge in [0.15, 0.2) is 0 Å². The number of ether oxygens (including phenoxy) is 1. The number of halogens is 2. The molecule has 2 N–H and O–H groups in total. The maximum Gasteiger partial charge on any atom is 0.233 e. The lowest BCUT2D eigenvalue weighted by Crippen LogP contribution is -2.35.